The molecule has 2 aliphatic rings. The second-order valence-electron chi connectivity index (χ2n) is 8.22. The molecule has 38 heavy (non-hydrogen) atoms. The van der Waals surface area contributed by atoms with E-state index in [9.17, 15) is 26.3 Å². The van der Waals surface area contributed by atoms with E-state index >= 15 is 0 Å². The van der Waals surface area contributed by atoms with Crippen molar-refractivity contribution in [1.82, 2.24) is 24.4 Å². The Balaban J connectivity index is 0.000000301. The molecule has 212 valence electrons. The fourth-order valence-corrected chi connectivity index (χ4v) is 3.26. The number of rotatable bonds is 6. The van der Waals surface area contributed by atoms with Crippen LogP contribution in [0.15, 0.2) is 18.6 Å². The lowest BCUT2D eigenvalue weighted by Gasteiger charge is -2.19. The van der Waals surface area contributed by atoms with Gasteiger partial charge in [-0.2, -0.15) is 26.3 Å². The number of carboxylic acid groups (broad SMARTS) is 2. The fourth-order valence-electron chi connectivity index (χ4n) is 3.26. The van der Waals surface area contributed by atoms with Crippen molar-refractivity contribution in [1.29, 1.82) is 0 Å². The molecule has 4 rings (SSSR count). The normalized spacial score (nSPS) is 15.6. The number of alkyl halides is 6. The fraction of sp³-hybridized carbons (Fsp3) is 0.571. The summed E-state index contributed by atoms with van der Waals surface area (Å²) in [6.07, 6.45) is -2.81. The minimum Gasteiger partial charge on any atom is -0.481 e. The van der Waals surface area contributed by atoms with Gasteiger partial charge in [0, 0.05) is 38.7 Å². The Bertz CT molecular complexity index is 1050. The number of anilines is 1. The van der Waals surface area contributed by atoms with Crippen molar-refractivity contribution >= 4 is 17.8 Å². The number of ether oxygens (including phenoxy) is 1. The lowest BCUT2D eigenvalue weighted by Crippen LogP contribution is -2.29. The molecule has 3 heterocycles. The summed E-state index contributed by atoms with van der Waals surface area (Å²) in [7, 11) is 1.61. The molecule has 0 saturated heterocycles. The quantitative estimate of drug-likeness (QED) is 0.455. The molecule has 3 N–H and O–H groups in total. The van der Waals surface area contributed by atoms with Gasteiger partial charge in [0.25, 0.3) is 0 Å². The van der Waals surface area contributed by atoms with Crippen LogP contribution >= 0.6 is 0 Å². The molecule has 0 amide bonds. The third-order valence-electron chi connectivity index (χ3n) is 5.31. The summed E-state index contributed by atoms with van der Waals surface area (Å²) in [5, 5.41) is 17.6. The van der Waals surface area contributed by atoms with E-state index in [4.69, 9.17) is 24.5 Å². The first-order chi connectivity index (χ1) is 17.7. The van der Waals surface area contributed by atoms with Crippen LogP contribution in [0.25, 0.3) is 0 Å². The average molecular weight is 556 g/mol. The molecule has 1 fully saturated rings. The molecule has 0 atom stereocenters. The van der Waals surface area contributed by atoms with Crippen molar-refractivity contribution in [2.45, 2.75) is 44.7 Å². The van der Waals surface area contributed by atoms with Gasteiger partial charge in [0.15, 0.2) is 0 Å². The number of hydrogen-bond donors (Lipinski definition) is 3. The van der Waals surface area contributed by atoms with Crippen molar-refractivity contribution in [3.05, 3.63) is 30.1 Å². The maximum absolute atomic E-state index is 10.6. The van der Waals surface area contributed by atoms with Crippen LogP contribution in [-0.4, -0.2) is 85.7 Å². The van der Waals surface area contributed by atoms with Gasteiger partial charge in [-0.3, -0.25) is 0 Å². The first-order valence-corrected chi connectivity index (χ1v) is 11.2. The van der Waals surface area contributed by atoms with Crippen molar-refractivity contribution in [2.24, 2.45) is 5.92 Å². The van der Waals surface area contributed by atoms with E-state index in [1.165, 1.54) is 37.2 Å². The summed E-state index contributed by atoms with van der Waals surface area (Å²) in [4.78, 5) is 33.3. The second-order valence-corrected chi connectivity index (χ2v) is 8.22. The smallest absolute Gasteiger partial charge is 0.481 e. The van der Waals surface area contributed by atoms with Crippen LogP contribution in [-0.2, 0) is 29.1 Å². The Morgan fingerprint density at radius 2 is 1.63 bits per heavy atom. The number of fused-ring (bicyclic) bond motifs is 1. The third kappa shape index (κ3) is 10.4. The Kier molecular flexibility index (Phi) is 10.7. The van der Waals surface area contributed by atoms with E-state index in [-0.39, 0.29) is 0 Å². The lowest BCUT2D eigenvalue weighted by molar-refractivity contribution is -0.193. The highest BCUT2D eigenvalue weighted by atomic mass is 19.4. The molecule has 0 radical (unpaired) electrons. The maximum Gasteiger partial charge on any atom is 0.490 e. The lowest BCUT2D eigenvalue weighted by atomic mass is 10.3. The largest absolute Gasteiger partial charge is 0.490 e. The van der Waals surface area contributed by atoms with Gasteiger partial charge >= 0.3 is 24.3 Å². The van der Waals surface area contributed by atoms with Gasteiger partial charge in [0.05, 0.1) is 25.5 Å². The molecule has 2 aromatic heterocycles. The predicted octanol–water partition coefficient (Wildman–Crippen LogP) is 2.83. The topological polar surface area (TPSA) is 143 Å². The molecular weight excluding hydrogens is 530 g/mol. The highest BCUT2D eigenvalue weighted by Crippen LogP contribution is 2.30. The van der Waals surface area contributed by atoms with Gasteiger partial charge in [-0.15, -0.1) is 0 Å². The highest BCUT2D eigenvalue weighted by Gasteiger charge is 2.38. The zero-order valence-electron chi connectivity index (χ0n) is 20.1. The molecule has 0 spiro atoms. The Morgan fingerprint density at radius 3 is 2.16 bits per heavy atom. The predicted molar refractivity (Wildman–Crippen MR) is 118 cm³/mol. The first kappa shape index (κ1) is 30.6. The first-order valence-electron chi connectivity index (χ1n) is 11.2. The molecule has 0 bridgehead atoms. The summed E-state index contributed by atoms with van der Waals surface area (Å²) in [6.45, 7) is 5.23. The number of imidazole rings is 1. The zero-order chi connectivity index (χ0) is 28.5. The van der Waals surface area contributed by atoms with Gasteiger partial charge in [0.2, 0.25) is 5.88 Å². The SMILES string of the molecule is COc1cc(NCc2cnc3n2CCN(CC2CC2)CC3)ncn1.O=C(O)C(F)(F)F.O=C(O)C(F)(F)F. The number of halogens is 6. The monoisotopic (exact) mass is 556 g/mol. The Hall–Kier alpha value is -3.63. The van der Waals surface area contributed by atoms with Gasteiger partial charge < -0.3 is 29.7 Å². The summed E-state index contributed by atoms with van der Waals surface area (Å²) in [5.74, 6) is -2.04. The van der Waals surface area contributed by atoms with Gasteiger partial charge in [-0.05, 0) is 18.8 Å². The number of carbonyl (C=O) groups is 2. The van der Waals surface area contributed by atoms with Crippen LogP contribution in [0.2, 0.25) is 0 Å². The van der Waals surface area contributed by atoms with Gasteiger partial charge in [0.1, 0.15) is 18.0 Å². The van der Waals surface area contributed by atoms with E-state index in [0.29, 0.717) is 12.4 Å². The van der Waals surface area contributed by atoms with Crippen LogP contribution < -0.4 is 10.1 Å². The van der Waals surface area contributed by atoms with Crippen LogP contribution in [0.3, 0.4) is 0 Å². The average Bonchev–Trinajstić information content (AvgIpc) is 3.61. The van der Waals surface area contributed by atoms with Crippen molar-refractivity contribution in [3.63, 3.8) is 0 Å². The number of aliphatic carboxylic acids is 2. The summed E-state index contributed by atoms with van der Waals surface area (Å²) in [5.41, 5.74) is 1.20. The van der Waals surface area contributed by atoms with Crippen molar-refractivity contribution in [2.75, 3.05) is 32.1 Å². The number of hydrogen-bond acceptors (Lipinski definition) is 8. The molecule has 1 saturated carbocycles. The molecule has 0 unspecified atom stereocenters. The molecule has 1 aliphatic heterocycles. The van der Waals surface area contributed by atoms with Crippen LogP contribution in [0.5, 0.6) is 5.88 Å². The Labute approximate surface area is 212 Å². The summed E-state index contributed by atoms with van der Waals surface area (Å²) >= 11 is 0. The number of carboxylic acids is 2. The minimum atomic E-state index is -5.08. The van der Waals surface area contributed by atoms with E-state index in [2.05, 4.69) is 29.7 Å². The number of methoxy groups -OCH3 is 1. The van der Waals surface area contributed by atoms with Gasteiger partial charge in [-0.1, -0.05) is 0 Å². The van der Waals surface area contributed by atoms with Gasteiger partial charge in [-0.25, -0.2) is 24.5 Å². The van der Waals surface area contributed by atoms with Crippen LogP contribution in [0, 0.1) is 5.92 Å². The summed E-state index contributed by atoms with van der Waals surface area (Å²) in [6, 6.07) is 1.80. The standard InChI is InChI=1S/C17H24N6O.2C2HF3O2/c1-24-17-8-15(20-12-21-17)18-9-14-10-19-16-4-5-22(6-7-23(14)16)11-13-2-3-13;2*3-2(4,5)1(6)7/h8,10,12-13H,2-7,9,11H2,1H3,(H,18,20,21);2*(H,6,7). The number of aromatic nitrogens is 4. The van der Waals surface area contributed by atoms with Crippen molar-refractivity contribution < 1.29 is 50.9 Å². The van der Waals surface area contributed by atoms with E-state index in [0.717, 1.165) is 37.8 Å². The molecule has 2 aromatic rings. The third-order valence-corrected chi connectivity index (χ3v) is 5.31. The summed E-state index contributed by atoms with van der Waals surface area (Å²) < 4.78 is 71.0. The molecular formula is C21H26F6N6O5. The van der Waals surface area contributed by atoms with Crippen LogP contribution in [0.4, 0.5) is 32.2 Å². The maximum atomic E-state index is 10.6. The molecule has 1 aliphatic carbocycles. The minimum absolute atomic E-state index is 0.565. The van der Waals surface area contributed by atoms with E-state index in [1.54, 1.807) is 13.2 Å². The highest BCUT2D eigenvalue weighted by molar-refractivity contribution is 5.73. The van der Waals surface area contributed by atoms with Crippen molar-refractivity contribution in [3.8, 4) is 5.88 Å². The second kappa shape index (κ2) is 13.3. The molecule has 11 nitrogen and oxygen atoms in total. The van der Waals surface area contributed by atoms with E-state index < -0.39 is 24.3 Å². The molecule has 17 heteroatoms. The zero-order valence-corrected chi connectivity index (χ0v) is 20.1. The number of nitrogens with one attached hydrogen (secondary N) is 1. The Morgan fingerprint density at radius 1 is 1.03 bits per heavy atom. The number of nitrogens with zero attached hydrogens (tertiary/aromatic N) is 5. The van der Waals surface area contributed by atoms with Crippen LogP contribution in [0.1, 0.15) is 24.4 Å². The molecule has 0 aromatic carbocycles. The van der Waals surface area contributed by atoms with E-state index in [1.807, 2.05) is 6.20 Å².